The SMILES string of the molecule is CC(C)CC(OCc1cn([C@H]2C[C@@H](O)[C@@H](COP(=O)(O)OP(=O)(O)OP(=O)(O)O)O2)c(=O)[nH]c1=O)c1ccccc1. The van der Waals surface area contributed by atoms with Gasteiger partial charge in [0.15, 0.2) is 0 Å². The Morgan fingerprint density at radius 3 is 2.32 bits per heavy atom. The maximum absolute atomic E-state index is 12.5. The third-order valence-corrected chi connectivity index (χ3v) is 9.47. The second-order valence-corrected chi connectivity index (χ2v) is 13.9. The average Bonchev–Trinajstić information content (AvgIpc) is 3.19. The van der Waals surface area contributed by atoms with Gasteiger partial charge < -0.3 is 34.2 Å². The van der Waals surface area contributed by atoms with E-state index in [4.69, 9.17) is 19.3 Å². The lowest BCUT2D eigenvalue weighted by Gasteiger charge is -2.21. The van der Waals surface area contributed by atoms with Crippen molar-refractivity contribution < 1.29 is 61.0 Å². The fourth-order valence-corrected chi connectivity index (χ4v) is 6.97. The lowest BCUT2D eigenvalue weighted by Crippen LogP contribution is -2.34. The van der Waals surface area contributed by atoms with Gasteiger partial charge in [0.2, 0.25) is 0 Å². The summed E-state index contributed by atoms with van der Waals surface area (Å²) < 4.78 is 58.5. The molecule has 1 saturated heterocycles. The number of rotatable bonds is 14. The van der Waals surface area contributed by atoms with Gasteiger partial charge >= 0.3 is 29.2 Å². The minimum Gasteiger partial charge on any atom is -0.390 e. The third kappa shape index (κ3) is 10.4. The van der Waals surface area contributed by atoms with Crippen LogP contribution in [0.4, 0.5) is 0 Å². The van der Waals surface area contributed by atoms with Gasteiger partial charge in [-0.1, -0.05) is 44.2 Å². The van der Waals surface area contributed by atoms with Crippen LogP contribution in [-0.4, -0.2) is 53.0 Å². The first-order valence-electron chi connectivity index (χ1n) is 12.1. The van der Waals surface area contributed by atoms with E-state index in [1.54, 1.807) is 0 Å². The molecule has 2 heterocycles. The van der Waals surface area contributed by atoms with Gasteiger partial charge in [-0.15, -0.1) is 0 Å². The van der Waals surface area contributed by atoms with Crippen molar-refractivity contribution in [2.75, 3.05) is 6.61 Å². The Morgan fingerprint density at radius 2 is 1.71 bits per heavy atom. The predicted octanol–water partition coefficient (Wildman–Crippen LogP) is 1.83. The molecule has 0 radical (unpaired) electrons. The van der Waals surface area contributed by atoms with Gasteiger partial charge in [-0.05, 0) is 17.9 Å². The second kappa shape index (κ2) is 13.7. The molecule has 0 aliphatic carbocycles. The second-order valence-electron chi connectivity index (χ2n) is 9.48. The highest BCUT2D eigenvalue weighted by Gasteiger charge is 2.43. The zero-order valence-corrected chi connectivity index (χ0v) is 24.5. The number of phosphoric acid groups is 3. The van der Waals surface area contributed by atoms with Crippen molar-refractivity contribution in [3.8, 4) is 0 Å². The maximum atomic E-state index is 12.5. The molecule has 3 unspecified atom stereocenters. The van der Waals surface area contributed by atoms with Gasteiger partial charge in [-0.25, -0.2) is 18.5 Å². The fourth-order valence-electron chi connectivity index (χ4n) is 3.94. The normalized spacial score (nSPS) is 23.3. The molecular weight excluding hydrogens is 613 g/mol. The highest BCUT2D eigenvalue weighted by Crippen LogP contribution is 2.66. The molecule has 6 N–H and O–H groups in total. The number of hydrogen-bond acceptors (Lipinski definition) is 11. The molecule has 0 bridgehead atoms. The third-order valence-electron chi connectivity index (χ3n) is 5.67. The van der Waals surface area contributed by atoms with E-state index in [0.717, 1.165) is 10.1 Å². The van der Waals surface area contributed by atoms with Crippen molar-refractivity contribution in [2.24, 2.45) is 5.92 Å². The number of aromatic amines is 1. The highest BCUT2D eigenvalue weighted by atomic mass is 31.3. The lowest BCUT2D eigenvalue weighted by atomic mass is 9.99. The number of aliphatic hydroxyl groups is 1. The Kier molecular flexibility index (Phi) is 11.2. The number of nitrogens with zero attached hydrogens (tertiary/aromatic N) is 1. The molecule has 1 aromatic heterocycles. The zero-order valence-electron chi connectivity index (χ0n) is 21.8. The molecule has 0 amide bonds. The number of aliphatic hydroxyl groups excluding tert-OH is 1. The summed E-state index contributed by atoms with van der Waals surface area (Å²) in [4.78, 5) is 63.2. The molecule has 1 aliphatic heterocycles. The number of H-pyrrole nitrogens is 1. The summed E-state index contributed by atoms with van der Waals surface area (Å²) in [6.07, 6.45) is -2.59. The number of aromatic nitrogens is 2. The van der Waals surface area contributed by atoms with E-state index in [1.807, 2.05) is 44.2 Å². The number of phosphoric ester groups is 1. The van der Waals surface area contributed by atoms with Crippen LogP contribution in [-0.2, 0) is 42.9 Å². The highest BCUT2D eigenvalue weighted by molar-refractivity contribution is 7.66. The largest absolute Gasteiger partial charge is 0.490 e. The molecule has 0 saturated carbocycles. The molecule has 3 rings (SSSR count). The van der Waals surface area contributed by atoms with E-state index >= 15 is 0 Å². The van der Waals surface area contributed by atoms with Crippen LogP contribution < -0.4 is 11.2 Å². The first-order valence-corrected chi connectivity index (χ1v) is 16.6. The predicted molar refractivity (Wildman–Crippen MR) is 139 cm³/mol. The monoisotopic (exact) mass is 644 g/mol. The number of hydrogen-bond donors (Lipinski definition) is 6. The van der Waals surface area contributed by atoms with Crippen LogP contribution in [0.5, 0.6) is 0 Å². The molecule has 1 aliphatic rings. The molecule has 1 aromatic carbocycles. The van der Waals surface area contributed by atoms with Gasteiger partial charge in [-0.3, -0.25) is 18.9 Å². The van der Waals surface area contributed by atoms with Crippen LogP contribution in [0.1, 0.15) is 50.1 Å². The van der Waals surface area contributed by atoms with Crippen molar-refractivity contribution in [3.63, 3.8) is 0 Å². The van der Waals surface area contributed by atoms with Crippen LogP contribution >= 0.6 is 23.5 Å². The fraction of sp³-hybridized carbons (Fsp3) is 0.524. The Hall–Kier alpha value is -1.81. The molecule has 230 valence electrons. The van der Waals surface area contributed by atoms with Crippen molar-refractivity contribution in [1.29, 1.82) is 0 Å². The minimum absolute atomic E-state index is 0.0871. The summed E-state index contributed by atoms with van der Waals surface area (Å²) >= 11 is 0. The molecule has 41 heavy (non-hydrogen) atoms. The topological polar surface area (TPSA) is 253 Å². The van der Waals surface area contributed by atoms with Gasteiger partial charge in [0.25, 0.3) is 5.56 Å². The molecule has 0 spiro atoms. The maximum Gasteiger partial charge on any atom is 0.490 e. The smallest absolute Gasteiger partial charge is 0.390 e. The molecule has 1 fully saturated rings. The number of benzene rings is 1. The van der Waals surface area contributed by atoms with Crippen LogP contribution in [0.25, 0.3) is 0 Å². The molecule has 17 nitrogen and oxygen atoms in total. The Bertz CT molecular complexity index is 1440. The minimum atomic E-state index is -5.73. The molecule has 2 aromatic rings. The summed E-state index contributed by atoms with van der Waals surface area (Å²) in [7, 11) is -16.7. The number of ether oxygens (including phenoxy) is 2. The number of nitrogens with one attached hydrogen (secondary N) is 1. The summed E-state index contributed by atoms with van der Waals surface area (Å²) in [5.41, 5.74) is -0.562. The van der Waals surface area contributed by atoms with E-state index in [1.165, 1.54) is 6.20 Å². The van der Waals surface area contributed by atoms with E-state index in [9.17, 15) is 38.2 Å². The molecular formula is C21H31N2O15P3. The van der Waals surface area contributed by atoms with Crippen LogP contribution in [0.3, 0.4) is 0 Å². The van der Waals surface area contributed by atoms with Gasteiger partial charge in [0.1, 0.15) is 12.3 Å². The van der Waals surface area contributed by atoms with E-state index in [0.29, 0.717) is 6.42 Å². The summed E-state index contributed by atoms with van der Waals surface area (Å²) in [6.45, 7) is 2.97. The first-order chi connectivity index (χ1) is 18.9. The quantitative estimate of drug-likeness (QED) is 0.160. The molecule has 20 heteroatoms. The van der Waals surface area contributed by atoms with E-state index < -0.39 is 59.8 Å². The Morgan fingerprint density at radius 1 is 1.05 bits per heavy atom. The van der Waals surface area contributed by atoms with Crippen molar-refractivity contribution in [2.45, 2.75) is 57.8 Å². The van der Waals surface area contributed by atoms with Gasteiger partial charge in [0, 0.05) is 12.6 Å². The van der Waals surface area contributed by atoms with E-state index in [2.05, 4.69) is 18.1 Å². The zero-order chi connectivity index (χ0) is 30.6. The summed E-state index contributed by atoms with van der Waals surface area (Å²) in [6, 6.07) is 9.39. The van der Waals surface area contributed by atoms with Crippen molar-refractivity contribution >= 4 is 23.5 Å². The van der Waals surface area contributed by atoms with Gasteiger partial charge in [0.05, 0.1) is 31.0 Å². The Labute approximate surface area is 233 Å². The van der Waals surface area contributed by atoms with Crippen LogP contribution in [0.15, 0.2) is 46.1 Å². The van der Waals surface area contributed by atoms with Crippen molar-refractivity contribution in [3.05, 3.63) is 68.5 Å². The average molecular weight is 644 g/mol. The Balaban J connectivity index is 1.68. The summed E-state index contributed by atoms with van der Waals surface area (Å²) in [5.74, 6) is 0.280. The van der Waals surface area contributed by atoms with Crippen LogP contribution in [0.2, 0.25) is 0 Å². The van der Waals surface area contributed by atoms with E-state index in [-0.39, 0.29) is 30.6 Å². The lowest BCUT2D eigenvalue weighted by molar-refractivity contribution is -0.0453. The summed E-state index contributed by atoms with van der Waals surface area (Å²) in [5, 5.41) is 10.3. The standard InChI is InChI=1S/C21H31N2O15P3/c1-13(2)8-17(14-6-4-3-5-7-14)34-11-15-10-23(21(26)22-20(15)25)19-9-16(24)18(36-19)12-35-40(30,31)38-41(32,33)37-39(27,28)29/h3-7,10,13,16-19,24H,8-9,11-12H2,1-2H3,(H,30,31)(H,32,33)(H,22,25,26)(H2,27,28,29)/t16-,17?,18-,19-/m1/s1. The van der Waals surface area contributed by atoms with Crippen LogP contribution in [0, 0.1) is 5.92 Å². The molecule has 6 atom stereocenters. The first kappa shape index (κ1) is 33.7. The van der Waals surface area contributed by atoms with Crippen molar-refractivity contribution in [1.82, 2.24) is 9.55 Å². The van der Waals surface area contributed by atoms with Gasteiger partial charge in [-0.2, -0.15) is 8.62 Å².